The van der Waals surface area contributed by atoms with Crippen molar-refractivity contribution in [3.05, 3.63) is 22.4 Å². The SMILES string of the molecule is CC1(CN2C(=O)C3(CC3)NC2c2ccsc2)CCOCC1. The Morgan fingerprint density at radius 3 is 2.76 bits per heavy atom. The van der Waals surface area contributed by atoms with E-state index >= 15 is 0 Å². The predicted octanol–water partition coefficient (Wildman–Crippen LogP) is 2.53. The zero-order chi connectivity index (χ0) is 14.5. The monoisotopic (exact) mass is 306 g/mol. The highest BCUT2D eigenvalue weighted by molar-refractivity contribution is 7.07. The van der Waals surface area contributed by atoms with E-state index in [-0.39, 0.29) is 17.1 Å². The third-order valence-electron chi connectivity index (χ3n) is 5.26. The number of rotatable bonds is 3. The second kappa shape index (κ2) is 4.80. The van der Waals surface area contributed by atoms with Crippen molar-refractivity contribution in [2.75, 3.05) is 19.8 Å². The van der Waals surface area contributed by atoms with E-state index in [4.69, 9.17) is 4.74 Å². The Kier molecular flexibility index (Phi) is 3.14. The van der Waals surface area contributed by atoms with Crippen molar-refractivity contribution < 1.29 is 9.53 Å². The highest BCUT2D eigenvalue weighted by atomic mass is 32.1. The summed E-state index contributed by atoms with van der Waals surface area (Å²) in [6.07, 6.45) is 4.12. The van der Waals surface area contributed by atoms with E-state index in [0.717, 1.165) is 45.4 Å². The van der Waals surface area contributed by atoms with Crippen LogP contribution in [0, 0.1) is 5.41 Å². The molecule has 5 heteroatoms. The third kappa shape index (κ3) is 2.31. The Labute approximate surface area is 129 Å². The molecule has 0 aromatic carbocycles. The molecule has 1 unspecified atom stereocenters. The molecule has 1 atom stereocenters. The van der Waals surface area contributed by atoms with E-state index in [9.17, 15) is 4.79 Å². The van der Waals surface area contributed by atoms with Crippen molar-refractivity contribution in [1.29, 1.82) is 0 Å². The molecule has 114 valence electrons. The molecule has 1 aromatic rings. The Hall–Kier alpha value is -0.910. The lowest BCUT2D eigenvalue weighted by Gasteiger charge is -2.38. The van der Waals surface area contributed by atoms with Crippen LogP contribution in [0.15, 0.2) is 16.8 Å². The highest BCUT2D eigenvalue weighted by Gasteiger charge is 2.60. The largest absolute Gasteiger partial charge is 0.381 e. The minimum absolute atomic E-state index is 0.0610. The first kappa shape index (κ1) is 13.7. The molecule has 1 spiro atoms. The normalized spacial score (nSPS) is 30.0. The number of carbonyl (C=O) groups is 1. The molecule has 0 radical (unpaired) electrons. The Bertz CT molecular complexity index is 532. The number of hydrogen-bond acceptors (Lipinski definition) is 4. The zero-order valence-electron chi connectivity index (χ0n) is 12.4. The highest BCUT2D eigenvalue weighted by Crippen LogP contribution is 2.47. The molecule has 1 aromatic heterocycles. The minimum Gasteiger partial charge on any atom is -0.381 e. The average molecular weight is 306 g/mol. The molecule has 1 N–H and O–H groups in total. The number of ether oxygens (including phenoxy) is 1. The van der Waals surface area contributed by atoms with E-state index in [1.807, 2.05) is 0 Å². The molecule has 21 heavy (non-hydrogen) atoms. The van der Waals surface area contributed by atoms with Gasteiger partial charge in [-0.25, -0.2) is 0 Å². The van der Waals surface area contributed by atoms with Crippen LogP contribution < -0.4 is 5.32 Å². The summed E-state index contributed by atoms with van der Waals surface area (Å²) in [5.41, 5.74) is 1.17. The van der Waals surface area contributed by atoms with Gasteiger partial charge in [0.1, 0.15) is 11.7 Å². The molecule has 1 aliphatic carbocycles. The number of nitrogens with zero attached hydrogens (tertiary/aromatic N) is 1. The van der Waals surface area contributed by atoms with Gasteiger partial charge < -0.3 is 9.64 Å². The van der Waals surface area contributed by atoms with Crippen LogP contribution in [-0.2, 0) is 9.53 Å². The molecule has 1 amide bonds. The first-order valence-corrected chi connectivity index (χ1v) is 8.75. The van der Waals surface area contributed by atoms with Gasteiger partial charge in [-0.1, -0.05) is 6.92 Å². The number of nitrogens with one attached hydrogen (secondary N) is 1. The molecule has 3 aliphatic rings. The van der Waals surface area contributed by atoms with Gasteiger partial charge in [0.05, 0.1) is 0 Å². The van der Waals surface area contributed by atoms with Gasteiger partial charge in [-0.3, -0.25) is 10.1 Å². The first-order chi connectivity index (χ1) is 10.1. The molecule has 4 nitrogen and oxygen atoms in total. The first-order valence-electron chi connectivity index (χ1n) is 7.81. The molecule has 4 rings (SSSR count). The van der Waals surface area contributed by atoms with Crippen molar-refractivity contribution in [2.24, 2.45) is 5.41 Å². The molecule has 0 bridgehead atoms. The van der Waals surface area contributed by atoms with Crippen LogP contribution in [-0.4, -0.2) is 36.1 Å². The summed E-state index contributed by atoms with van der Waals surface area (Å²) in [7, 11) is 0. The van der Waals surface area contributed by atoms with Gasteiger partial charge >= 0.3 is 0 Å². The number of carbonyl (C=O) groups excluding carboxylic acids is 1. The minimum atomic E-state index is -0.242. The maximum absolute atomic E-state index is 12.8. The molecule has 1 saturated carbocycles. The number of hydrogen-bond donors (Lipinski definition) is 1. The van der Waals surface area contributed by atoms with Crippen LogP contribution in [0.4, 0.5) is 0 Å². The van der Waals surface area contributed by atoms with Crippen LogP contribution in [0.1, 0.15) is 44.3 Å². The fourth-order valence-electron chi connectivity index (χ4n) is 3.57. The van der Waals surface area contributed by atoms with Crippen molar-refractivity contribution in [3.8, 4) is 0 Å². The summed E-state index contributed by atoms with van der Waals surface area (Å²) < 4.78 is 5.49. The summed E-state index contributed by atoms with van der Waals surface area (Å²) in [5, 5.41) is 7.85. The maximum atomic E-state index is 12.8. The fourth-order valence-corrected chi connectivity index (χ4v) is 4.25. The van der Waals surface area contributed by atoms with Gasteiger partial charge in [0.15, 0.2) is 0 Å². The Morgan fingerprint density at radius 1 is 1.38 bits per heavy atom. The summed E-state index contributed by atoms with van der Waals surface area (Å²) in [6.45, 7) is 4.77. The average Bonchev–Trinajstić information content (AvgIpc) is 2.96. The van der Waals surface area contributed by atoms with Gasteiger partial charge in [0, 0.05) is 19.8 Å². The van der Waals surface area contributed by atoms with Gasteiger partial charge in [-0.2, -0.15) is 11.3 Å². The Balaban J connectivity index is 1.59. The lowest BCUT2D eigenvalue weighted by atomic mass is 9.81. The molecule has 2 aliphatic heterocycles. The topological polar surface area (TPSA) is 41.6 Å². The van der Waals surface area contributed by atoms with Crippen LogP contribution in [0.5, 0.6) is 0 Å². The van der Waals surface area contributed by atoms with E-state index in [1.54, 1.807) is 11.3 Å². The van der Waals surface area contributed by atoms with E-state index in [0.29, 0.717) is 5.91 Å². The van der Waals surface area contributed by atoms with Gasteiger partial charge in [-0.05, 0) is 53.5 Å². The van der Waals surface area contributed by atoms with Crippen LogP contribution in [0.25, 0.3) is 0 Å². The predicted molar refractivity (Wildman–Crippen MR) is 82.0 cm³/mol. The molecular weight excluding hydrogens is 284 g/mol. The fraction of sp³-hybridized carbons (Fsp3) is 0.688. The quantitative estimate of drug-likeness (QED) is 0.933. The molecular formula is C16H22N2O2S. The second-order valence-electron chi connectivity index (χ2n) is 7.04. The summed E-state index contributed by atoms with van der Waals surface area (Å²) in [5.74, 6) is 0.311. The standard InChI is InChI=1S/C16H22N2O2S/c1-15(5-7-20-8-6-15)11-18-13(12-2-9-21-10-12)17-16(3-4-16)14(18)19/h2,9-10,13,17H,3-8,11H2,1H3. The smallest absolute Gasteiger partial charge is 0.244 e. The van der Waals surface area contributed by atoms with Crippen molar-refractivity contribution in [3.63, 3.8) is 0 Å². The van der Waals surface area contributed by atoms with E-state index in [2.05, 4.69) is 34.0 Å². The van der Waals surface area contributed by atoms with Crippen LogP contribution in [0.2, 0.25) is 0 Å². The summed E-state index contributed by atoms with van der Waals surface area (Å²) in [4.78, 5) is 14.9. The lowest BCUT2D eigenvalue weighted by Crippen LogP contribution is -2.42. The van der Waals surface area contributed by atoms with Crippen molar-refractivity contribution >= 4 is 17.2 Å². The molecule has 3 fully saturated rings. The van der Waals surface area contributed by atoms with Crippen molar-refractivity contribution in [1.82, 2.24) is 10.2 Å². The van der Waals surface area contributed by atoms with Gasteiger partial charge in [0.25, 0.3) is 0 Å². The van der Waals surface area contributed by atoms with E-state index < -0.39 is 0 Å². The Morgan fingerprint density at radius 2 is 2.14 bits per heavy atom. The maximum Gasteiger partial charge on any atom is 0.244 e. The summed E-state index contributed by atoms with van der Waals surface area (Å²) >= 11 is 1.70. The summed E-state index contributed by atoms with van der Waals surface area (Å²) in [6, 6.07) is 2.14. The van der Waals surface area contributed by atoms with Gasteiger partial charge in [0.2, 0.25) is 5.91 Å². The molecule has 3 heterocycles. The van der Waals surface area contributed by atoms with E-state index in [1.165, 1.54) is 5.56 Å². The molecule has 2 saturated heterocycles. The second-order valence-corrected chi connectivity index (χ2v) is 7.82. The van der Waals surface area contributed by atoms with Gasteiger partial charge in [-0.15, -0.1) is 0 Å². The number of amides is 1. The number of thiophene rings is 1. The zero-order valence-corrected chi connectivity index (χ0v) is 13.2. The van der Waals surface area contributed by atoms with Crippen LogP contribution >= 0.6 is 11.3 Å². The van der Waals surface area contributed by atoms with Crippen LogP contribution in [0.3, 0.4) is 0 Å². The lowest BCUT2D eigenvalue weighted by molar-refractivity contribution is -0.133. The third-order valence-corrected chi connectivity index (χ3v) is 5.96. The van der Waals surface area contributed by atoms with Crippen molar-refractivity contribution in [2.45, 2.75) is 44.3 Å².